The Balaban J connectivity index is 2.23. The molecule has 0 unspecified atom stereocenters. The van der Waals surface area contributed by atoms with Crippen molar-refractivity contribution in [1.82, 2.24) is 0 Å². The molecule has 0 aliphatic rings. The average molecular weight is 313 g/mol. The van der Waals surface area contributed by atoms with Crippen LogP contribution in [0.2, 0.25) is 0 Å². The highest BCUT2D eigenvalue weighted by atomic mass is 19.2. The first-order chi connectivity index (χ1) is 10.3. The van der Waals surface area contributed by atoms with E-state index in [1.165, 1.54) is 24.3 Å². The Hall–Kier alpha value is -2.57. The fourth-order valence-corrected chi connectivity index (χ4v) is 1.86. The number of rotatable bonds is 4. The summed E-state index contributed by atoms with van der Waals surface area (Å²) < 4.78 is 54.2. The number of hydrogen-bond donors (Lipinski definition) is 2. The summed E-state index contributed by atoms with van der Waals surface area (Å²) in [5.74, 6) is -6.89. The summed E-state index contributed by atoms with van der Waals surface area (Å²) in [6.07, 6.45) is 0. The molecule has 2 rings (SSSR count). The second-order valence-corrected chi connectivity index (χ2v) is 4.60. The van der Waals surface area contributed by atoms with Crippen LogP contribution in [0.4, 0.5) is 23.2 Å². The lowest BCUT2D eigenvalue weighted by Crippen LogP contribution is -2.10. The van der Waals surface area contributed by atoms with Gasteiger partial charge in [-0.25, -0.2) is 22.4 Å². The van der Waals surface area contributed by atoms with Crippen molar-refractivity contribution >= 4 is 11.7 Å². The molecule has 0 saturated heterocycles. The highest BCUT2D eigenvalue weighted by molar-refractivity contribution is 5.87. The largest absolute Gasteiger partial charge is 0.478 e. The Morgan fingerprint density at radius 3 is 1.95 bits per heavy atom. The van der Waals surface area contributed by atoms with Gasteiger partial charge in [0.2, 0.25) is 0 Å². The van der Waals surface area contributed by atoms with Crippen LogP contribution in [-0.4, -0.2) is 11.1 Å². The minimum Gasteiger partial charge on any atom is -0.478 e. The first-order valence-corrected chi connectivity index (χ1v) is 6.21. The molecule has 0 aliphatic carbocycles. The van der Waals surface area contributed by atoms with Gasteiger partial charge in [-0.2, -0.15) is 0 Å². The predicted octanol–water partition coefficient (Wildman–Crippen LogP) is 3.86. The number of hydrogen-bond acceptors (Lipinski definition) is 2. The summed E-state index contributed by atoms with van der Waals surface area (Å²) in [7, 11) is 0. The molecule has 2 aromatic carbocycles. The molecule has 0 atom stereocenters. The van der Waals surface area contributed by atoms with Gasteiger partial charge in [0.15, 0.2) is 23.3 Å². The van der Waals surface area contributed by atoms with E-state index in [2.05, 4.69) is 5.32 Å². The van der Waals surface area contributed by atoms with E-state index in [9.17, 15) is 22.4 Å². The van der Waals surface area contributed by atoms with E-state index in [4.69, 9.17) is 5.11 Å². The van der Waals surface area contributed by atoms with Crippen LogP contribution in [-0.2, 0) is 6.54 Å². The molecule has 0 bridgehead atoms. The van der Waals surface area contributed by atoms with Crippen molar-refractivity contribution in [1.29, 1.82) is 0 Å². The third-order valence-electron chi connectivity index (χ3n) is 3.17. The first-order valence-electron chi connectivity index (χ1n) is 6.21. The second kappa shape index (κ2) is 6.05. The molecule has 0 aromatic heterocycles. The molecule has 2 N–H and O–H groups in total. The van der Waals surface area contributed by atoms with Crippen LogP contribution in [0.15, 0.2) is 24.3 Å². The van der Waals surface area contributed by atoms with E-state index in [-0.39, 0.29) is 5.56 Å². The molecule has 0 amide bonds. The first kappa shape index (κ1) is 15.8. The Morgan fingerprint density at radius 1 is 1.00 bits per heavy atom. The molecule has 116 valence electrons. The number of carboxylic acid groups (broad SMARTS) is 1. The lowest BCUT2D eigenvalue weighted by Gasteiger charge is -2.11. The molecule has 0 aliphatic heterocycles. The van der Waals surface area contributed by atoms with Gasteiger partial charge in [0.05, 0.1) is 5.56 Å². The minimum atomic E-state index is -1.45. The molecule has 0 heterocycles. The van der Waals surface area contributed by atoms with Gasteiger partial charge < -0.3 is 10.4 Å². The van der Waals surface area contributed by atoms with Gasteiger partial charge in [0, 0.05) is 23.4 Å². The normalized spacial score (nSPS) is 10.6. The molecule has 2 aromatic rings. The number of anilines is 1. The minimum absolute atomic E-state index is 0.0373. The van der Waals surface area contributed by atoms with Crippen molar-refractivity contribution in [3.8, 4) is 0 Å². The van der Waals surface area contributed by atoms with E-state index in [0.717, 1.165) is 6.92 Å². The van der Waals surface area contributed by atoms with Gasteiger partial charge in [0.25, 0.3) is 0 Å². The maximum absolute atomic E-state index is 13.7. The topological polar surface area (TPSA) is 49.3 Å². The highest BCUT2D eigenvalue weighted by Gasteiger charge is 2.22. The SMILES string of the molecule is Cc1c(F)c(F)c(CNc2ccc(C(=O)O)cc2)c(F)c1F. The molecule has 0 spiro atoms. The monoisotopic (exact) mass is 313 g/mol. The van der Waals surface area contributed by atoms with Crippen LogP contribution in [0.1, 0.15) is 21.5 Å². The van der Waals surface area contributed by atoms with Crippen LogP contribution >= 0.6 is 0 Å². The number of benzene rings is 2. The zero-order valence-corrected chi connectivity index (χ0v) is 11.4. The summed E-state index contributed by atoms with van der Waals surface area (Å²) in [6.45, 7) is 0.455. The number of carboxylic acids is 1. The Labute approximate surface area is 123 Å². The quantitative estimate of drug-likeness (QED) is 0.665. The lowest BCUT2D eigenvalue weighted by atomic mass is 10.1. The summed E-state index contributed by atoms with van der Waals surface area (Å²) in [4.78, 5) is 10.7. The second-order valence-electron chi connectivity index (χ2n) is 4.60. The van der Waals surface area contributed by atoms with E-state index in [0.29, 0.717) is 5.69 Å². The van der Waals surface area contributed by atoms with Crippen LogP contribution in [0.25, 0.3) is 0 Å². The molecule has 22 heavy (non-hydrogen) atoms. The fourth-order valence-electron chi connectivity index (χ4n) is 1.86. The molecule has 3 nitrogen and oxygen atoms in total. The van der Waals surface area contributed by atoms with Crippen molar-refractivity contribution in [3.63, 3.8) is 0 Å². The van der Waals surface area contributed by atoms with Crippen LogP contribution < -0.4 is 5.32 Å². The molecule has 0 radical (unpaired) electrons. The third-order valence-corrected chi connectivity index (χ3v) is 3.17. The van der Waals surface area contributed by atoms with E-state index >= 15 is 0 Å². The van der Waals surface area contributed by atoms with Gasteiger partial charge in [0.1, 0.15) is 0 Å². The molecule has 0 saturated carbocycles. The molecule has 0 fully saturated rings. The number of carbonyl (C=O) groups is 1. The van der Waals surface area contributed by atoms with Crippen LogP contribution in [0, 0.1) is 30.2 Å². The zero-order chi connectivity index (χ0) is 16.4. The van der Waals surface area contributed by atoms with E-state index in [1.54, 1.807) is 0 Å². The summed E-state index contributed by atoms with van der Waals surface area (Å²) in [6, 6.07) is 5.32. The average Bonchev–Trinajstić information content (AvgIpc) is 2.51. The summed E-state index contributed by atoms with van der Waals surface area (Å²) in [5, 5.41) is 11.3. The van der Waals surface area contributed by atoms with Gasteiger partial charge in [-0.05, 0) is 31.2 Å². The Bertz CT molecular complexity index is 700. The number of aromatic carboxylic acids is 1. The molecule has 7 heteroatoms. The van der Waals surface area contributed by atoms with Gasteiger partial charge in [-0.1, -0.05) is 0 Å². The van der Waals surface area contributed by atoms with Crippen LogP contribution in [0.3, 0.4) is 0 Å². The lowest BCUT2D eigenvalue weighted by molar-refractivity contribution is 0.0697. The molecular formula is C15H11F4NO2. The van der Waals surface area contributed by atoms with Crippen molar-refractivity contribution in [3.05, 3.63) is 64.2 Å². The molecular weight excluding hydrogens is 302 g/mol. The zero-order valence-electron chi connectivity index (χ0n) is 11.4. The Morgan fingerprint density at radius 2 is 1.50 bits per heavy atom. The smallest absolute Gasteiger partial charge is 0.335 e. The van der Waals surface area contributed by atoms with E-state index < -0.39 is 46.9 Å². The number of nitrogens with one attached hydrogen (secondary N) is 1. The maximum Gasteiger partial charge on any atom is 0.335 e. The van der Waals surface area contributed by atoms with Gasteiger partial charge in [-0.15, -0.1) is 0 Å². The standard InChI is InChI=1S/C15H11F4NO2/c1-7-11(16)13(18)10(14(19)12(7)17)6-20-9-4-2-8(3-5-9)15(21)22/h2-5,20H,6H2,1H3,(H,21,22). The predicted molar refractivity (Wildman–Crippen MR) is 71.7 cm³/mol. The van der Waals surface area contributed by atoms with Crippen LogP contribution in [0.5, 0.6) is 0 Å². The van der Waals surface area contributed by atoms with Crippen molar-refractivity contribution in [2.45, 2.75) is 13.5 Å². The van der Waals surface area contributed by atoms with Gasteiger partial charge in [-0.3, -0.25) is 0 Å². The number of halogens is 4. The Kier molecular flexibility index (Phi) is 4.35. The van der Waals surface area contributed by atoms with Crippen molar-refractivity contribution < 1.29 is 27.5 Å². The summed E-state index contributed by atoms with van der Waals surface area (Å²) in [5.41, 5.74) is -1.09. The maximum atomic E-state index is 13.7. The highest BCUT2D eigenvalue weighted by Crippen LogP contribution is 2.24. The van der Waals surface area contributed by atoms with E-state index in [1.807, 2.05) is 0 Å². The van der Waals surface area contributed by atoms with Crippen molar-refractivity contribution in [2.24, 2.45) is 0 Å². The third kappa shape index (κ3) is 2.88. The van der Waals surface area contributed by atoms with Gasteiger partial charge >= 0.3 is 5.97 Å². The fraction of sp³-hybridized carbons (Fsp3) is 0.133. The van der Waals surface area contributed by atoms with Crippen molar-refractivity contribution in [2.75, 3.05) is 5.32 Å². The summed E-state index contributed by atoms with van der Waals surface area (Å²) >= 11 is 0.